The van der Waals surface area contributed by atoms with Crippen molar-refractivity contribution in [3.63, 3.8) is 0 Å². The molecule has 1 N–H and O–H groups in total. The third-order valence-corrected chi connectivity index (χ3v) is 6.25. The highest BCUT2D eigenvalue weighted by Gasteiger charge is 2.31. The normalized spacial score (nSPS) is 16.6. The van der Waals surface area contributed by atoms with Crippen molar-refractivity contribution in [1.82, 2.24) is 9.88 Å². The van der Waals surface area contributed by atoms with E-state index in [2.05, 4.69) is 10.3 Å². The van der Waals surface area contributed by atoms with Crippen LogP contribution >= 0.6 is 0 Å². The highest BCUT2D eigenvalue weighted by molar-refractivity contribution is 5.93. The molecule has 1 aliphatic rings. The van der Waals surface area contributed by atoms with E-state index in [-0.39, 0.29) is 17.8 Å². The number of anilines is 1. The number of amides is 1. The van der Waals surface area contributed by atoms with Crippen molar-refractivity contribution in [2.75, 3.05) is 25.5 Å². The van der Waals surface area contributed by atoms with E-state index in [0.29, 0.717) is 47.6 Å². The van der Waals surface area contributed by atoms with Crippen molar-refractivity contribution < 1.29 is 32.2 Å². The van der Waals surface area contributed by atoms with Crippen molar-refractivity contribution in [2.45, 2.75) is 58.3 Å². The molecule has 1 amide bonds. The van der Waals surface area contributed by atoms with Gasteiger partial charge in [-0.15, -0.1) is 0 Å². The van der Waals surface area contributed by atoms with Crippen LogP contribution in [0.15, 0.2) is 42.6 Å². The fraction of sp³-hybridized carbons (Fsp3) is 0.429. The molecule has 4 rings (SSSR count). The first-order chi connectivity index (χ1) is 18.0. The largest absolute Gasteiger partial charge is 0.493 e. The van der Waals surface area contributed by atoms with E-state index in [1.807, 2.05) is 20.8 Å². The number of ether oxygens (including phenoxy) is 3. The summed E-state index contributed by atoms with van der Waals surface area (Å²) in [6.07, 6.45) is -1.35. The quantitative estimate of drug-likeness (QED) is 0.358. The number of hydrogen-bond acceptors (Lipinski definition) is 6. The lowest BCUT2D eigenvalue weighted by Gasteiger charge is -2.24. The van der Waals surface area contributed by atoms with Gasteiger partial charge in [0.15, 0.2) is 11.5 Å². The molecule has 1 saturated heterocycles. The average Bonchev–Trinajstić information content (AvgIpc) is 3.31. The van der Waals surface area contributed by atoms with Crippen molar-refractivity contribution >= 4 is 22.7 Å². The maximum atomic E-state index is 14.8. The number of carbonyl (C=O) groups excluding carboxylic acids is 1. The van der Waals surface area contributed by atoms with Crippen molar-refractivity contribution in [1.29, 1.82) is 0 Å². The van der Waals surface area contributed by atoms with Crippen LogP contribution in [0, 0.1) is 5.82 Å². The molecule has 1 aromatic heterocycles. The van der Waals surface area contributed by atoms with Gasteiger partial charge in [-0.25, -0.2) is 18.0 Å². The Morgan fingerprint density at radius 2 is 1.89 bits per heavy atom. The van der Waals surface area contributed by atoms with Gasteiger partial charge >= 0.3 is 6.09 Å². The molecule has 2 atom stereocenters. The fourth-order valence-corrected chi connectivity index (χ4v) is 4.41. The highest BCUT2D eigenvalue weighted by atomic mass is 19.3. The van der Waals surface area contributed by atoms with E-state index >= 15 is 0 Å². The summed E-state index contributed by atoms with van der Waals surface area (Å²) in [6, 6.07) is 8.61. The Bertz CT molecular complexity index is 1310. The Kier molecular flexibility index (Phi) is 7.89. The molecular formula is C28H32F3N3O4. The topological polar surface area (TPSA) is 72.9 Å². The summed E-state index contributed by atoms with van der Waals surface area (Å²) in [4.78, 5) is 18.5. The standard InChI is InChI=1S/C28H32F3N3O4/c1-16(18-7-6-8-19(25(18)29)26(30)31)33-21-9-11-32-22-14-23(36-5)24(13-20(21)22)37-17-10-12-34(15-17)27(35)38-28(2,3)4/h6-9,11,13-14,16-17,26H,10,12,15H2,1-5H3,(H,32,33)/t16-,17+/m1/s1. The number of hydrogen-bond donors (Lipinski definition) is 1. The predicted octanol–water partition coefficient (Wildman–Crippen LogP) is 6.88. The Hall–Kier alpha value is -3.69. The molecule has 3 aromatic rings. The SMILES string of the molecule is COc1cc2nccc(N[C@H](C)c3cccc(C(F)F)c3F)c2cc1O[C@H]1CCN(C(=O)OC(C)(C)C)C1. The smallest absolute Gasteiger partial charge is 0.410 e. The van der Waals surface area contributed by atoms with E-state index in [1.54, 1.807) is 36.2 Å². The molecule has 7 nitrogen and oxygen atoms in total. The van der Waals surface area contributed by atoms with Crippen LogP contribution in [0.3, 0.4) is 0 Å². The molecule has 0 saturated carbocycles. The summed E-state index contributed by atoms with van der Waals surface area (Å²) in [5, 5.41) is 3.90. The zero-order valence-electron chi connectivity index (χ0n) is 22.1. The number of aromatic nitrogens is 1. The van der Waals surface area contributed by atoms with Crippen LogP contribution in [0.25, 0.3) is 10.9 Å². The molecule has 0 aliphatic carbocycles. The number of nitrogens with zero attached hydrogens (tertiary/aromatic N) is 2. The molecule has 10 heteroatoms. The van der Waals surface area contributed by atoms with Crippen LogP contribution in [0.5, 0.6) is 11.5 Å². The minimum Gasteiger partial charge on any atom is -0.493 e. The lowest BCUT2D eigenvalue weighted by atomic mass is 10.0. The van der Waals surface area contributed by atoms with E-state index in [4.69, 9.17) is 14.2 Å². The fourth-order valence-electron chi connectivity index (χ4n) is 4.41. The molecule has 204 valence electrons. The monoisotopic (exact) mass is 531 g/mol. The second-order valence-corrected chi connectivity index (χ2v) is 10.3. The van der Waals surface area contributed by atoms with E-state index in [0.717, 1.165) is 6.07 Å². The third-order valence-electron chi connectivity index (χ3n) is 6.25. The highest BCUT2D eigenvalue weighted by Crippen LogP contribution is 2.37. The Labute approximate surface area is 219 Å². The Balaban J connectivity index is 1.58. The third kappa shape index (κ3) is 6.06. The minimum atomic E-state index is -2.90. The maximum Gasteiger partial charge on any atom is 0.410 e. The average molecular weight is 532 g/mol. The molecule has 38 heavy (non-hydrogen) atoms. The van der Waals surface area contributed by atoms with Gasteiger partial charge in [0.2, 0.25) is 0 Å². The maximum absolute atomic E-state index is 14.8. The van der Waals surface area contributed by atoms with Gasteiger partial charge in [-0.3, -0.25) is 4.98 Å². The van der Waals surface area contributed by atoms with Gasteiger partial charge in [-0.1, -0.05) is 18.2 Å². The van der Waals surface area contributed by atoms with E-state index < -0.39 is 29.4 Å². The van der Waals surface area contributed by atoms with Crippen LogP contribution in [-0.2, 0) is 4.74 Å². The molecule has 1 aliphatic heterocycles. The van der Waals surface area contributed by atoms with Gasteiger partial charge in [-0.05, 0) is 39.8 Å². The number of alkyl halides is 2. The molecule has 0 unspecified atom stereocenters. The van der Waals surface area contributed by atoms with Crippen LogP contribution in [-0.4, -0.2) is 47.9 Å². The number of benzene rings is 2. The molecule has 0 bridgehead atoms. The lowest BCUT2D eigenvalue weighted by Crippen LogP contribution is -2.36. The van der Waals surface area contributed by atoms with Gasteiger partial charge < -0.3 is 24.4 Å². The number of methoxy groups -OCH3 is 1. The van der Waals surface area contributed by atoms with E-state index in [1.165, 1.54) is 19.2 Å². The summed E-state index contributed by atoms with van der Waals surface area (Å²) in [7, 11) is 1.53. The number of halogens is 3. The van der Waals surface area contributed by atoms with Crippen molar-refractivity contribution in [3.8, 4) is 11.5 Å². The van der Waals surface area contributed by atoms with E-state index in [9.17, 15) is 18.0 Å². The van der Waals surface area contributed by atoms with Gasteiger partial charge in [0.1, 0.15) is 17.5 Å². The number of likely N-dealkylation sites (tertiary alicyclic amines) is 1. The number of pyridine rings is 1. The summed E-state index contributed by atoms with van der Waals surface area (Å²) >= 11 is 0. The molecule has 2 heterocycles. The molecule has 0 radical (unpaired) electrons. The first-order valence-corrected chi connectivity index (χ1v) is 12.4. The number of fused-ring (bicyclic) bond motifs is 1. The van der Waals surface area contributed by atoms with Gasteiger partial charge in [0.05, 0.1) is 30.8 Å². The molecule has 2 aromatic carbocycles. The van der Waals surface area contributed by atoms with Crippen LogP contribution in [0.4, 0.5) is 23.7 Å². The number of carbonyl (C=O) groups is 1. The Morgan fingerprint density at radius 1 is 1.16 bits per heavy atom. The summed E-state index contributed by atoms with van der Waals surface area (Å²) < 4.78 is 58.4. The first-order valence-electron chi connectivity index (χ1n) is 12.4. The first kappa shape index (κ1) is 27.3. The number of nitrogens with one attached hydrogen (secondary N) is 1. The zero-order chi connectivity index (χ0) is 27.6. The number of rotatable bonds is 7. The second kappa shape index (κ2) is 11.0. The Morgan fingerprint density at radius 3 is 2.58 bits per heavy atom. The molecular weight excluding hydrogens is 499 g/mol. The van der Waals surface area contributed by atoms with Crippen molar-refractivity contribution in [2.24, 2.45) is 0 Å². The van der Waals surface area contributed by atoms with Gasteiger partial charge in [-0.2, -0.15) is 0 Å². The second-order valence-electron chi connectivity index (χ2n) is 10.3. The zero-order valence-corrected chi connectivity index (χ0v) is 22.1. The summed E-state index contributed by atoms with van der Waals surface area (Å²) in [6.45, 7) is 8.03. The van der Waals surface area contributed by atoms with Gasteiger partial charge in [0.25, 0.3) is 6.43 Å². The predicted molar refractivity (Wildman–Crippen MR) is 139 cm³/mol. The van der Waals surface area contributed by atoms with Gasteiger partial charge in [0, 0.05) is 41.9 Å². The lowest BCUT2D eigenvalue weighted by molar-refractivity contribution is 0.0275. The summed E-state index contributed by atoms with van der Waals surface area (Å²) in [5.74, 6) is 0.00884. The van der Waals surface area contributed by atoms with Crippen molar-refractivity contribution in [3.05, 3.63) is 59.5 Å². The molecule has 1 fully saturated rings. The van der Waals surface area contributed by atoms with Crippen LogP contribution in [0.1, 0.15) is 57.7 Å². The molecule has 0 spiro atoms. The minimum absolute atomic E-state index is 0.130. The van der Waals surface area contributed by atoms with Crippen LogP contribution < -0.4 is 14.8 Å². The summed E-state index contributed by atoms with van der Waals surface area (Å²) in [5.41, 5.74) is 0.141. The van der Waals surface area contributed by atoms with Crippen LogP contribution in [0.2, 0.25) is 0 Å².